The summed E-state index contributed by atoms with van der Waals surface area (Å²) in [7, 11) is 0. The average Bonchev–Trinajstić information content (AvgIpc) is 2.62. The minimum absolute atomic E-state index is 0.223. The molecule has 0 aliphatic rings. The fourth-order valence-corrected chi connectivity index (χ4v) is 1.10. The Hall–Kier alpha value is -1.77. The SMILES string of the molecule is Fc1ccc(Nc2cc[nH]c2)cc1. The predicted octanol–water partition coefficient (Wildman–Crippen LogP) is 2.90. The van der Waals surface area contributed by atoms with E-state index >= 15 is 0 Å². The highest BCUT2D eigenvalue weighted by molar-refractivity contribution is 5.58. The van der Waals surface area contributed by atoms with Crippen LogP contribution >= 0.6 is 0 Å². The van der Waals surface area contributed by atoms with Crippen LogP contribution in [-0.2, 0) is 0 Å². The molecule has 0 aliphatic heterocycles. The summed E-state index contributed by atoms with van der Waals surface area (Å²) in [6.07, 6.45) is 3.66. The fourth-order valence-electron chi connectivity index (χ4n) is 1.10. The van der Waals surface area contributed by atoms with Gasteiger partial charge in [-0.05, 0) is 30.3 Å². The normalized spacial score (nSPS) is 9.92. The summed E-state index contributed by atoms with van der Waals surface area (Å²) in [6.45, 7) is 0. The van der Waals surface area contributed by atoms with Crippen molar-refractivity contribution in [1.82, 2.24) is 4.98 Å². The van der Waals surface area contributed by atoms with Gasteiger partial charge in [-0.3, -0.25) is 0 Å². The number of aromatic nitrogens is 1. The molecule has 1 aromatic heterocycles. The molecule has 2 rings (SSSR count). The van der Waals surface area contributed by atoms with Crippen molar-refractivity contribution in [2.45, 2.75) is 0 Å². The van der Waals surface area contributed by atoms with Crippen molar-refractivity contribution in [2.24, 2.45) is 0 Å². The summed E-state index contributed by atoms with van der Waals surface area (Å²) in [5, 5.41) is 3.11. The zero-order valence-corrected chi connectivity index (χ0v) is 6.92. The van der Waals surface area contributed by atoms with Crippen LogP contribution in [0.1, 0.15) is 0 Å². The van der Waals surface area contributed by atoms with Crippen molar-refractivity contribution in [2.75, 3.05) is 5.32 Å². The lowest BCUT2D eigenvalue weighted by atomic mass is 10.3. The molecule has 2 nitrogen and oxygen atoms in total. The number of hydrogen-bond donors (Lipinski definition) is 2. The van der Waals surface area contributed by atoms with Gasteiger partial charge in [0.2, 0.25) is 0 Å². The topological polar surface area (TPSA) is 27.8 Å². The Labute approximate surface area is 75.4 Å². The number of anilines is 2. The Bertz CT molecular complexity index is 364. The Morgan fingerprint density at radius 2 is 1.77 bits per heavy atom. The van der Waals surface area contributed by atoms with Gasteiger partial charge in [0.1, 0.15) is 5.82 Å². The van der Waals surface area contributed by atoms with Crippen molar-refractivity contribution in [3.8, 4) is 0 Å². The third kappa shape index (κ3) is 1.87. The van der Waals surface area contributed by atoms with Crippen LogP contribution in [-0.4, -0.2) is 4.98 Å². The standard InChI is InChI=1S/C10H9FN2/c11-8-1-3-9(4-2-8)13-10-5-6-12-7-10/h1-7,12-13H. The summed E-state index contributed by atoms with van der Waals surface area (Å²) in [4.78, 5) is 2.92. The largest absolute Gasteiger partial charge is 0.366 e. The highest BCUT2D eigenvalue weighted by Gasteiger charge is 1.94. The molecule has 1 heterocycles. The average molecular weight is 176 g/mol. The quantitative estimate of drug-likeness (QED) is 0.723. The second-order valence-electron chi connectivity index (χ2n) is 2.73. The van der Waals surface area contributed by atoms with Gasteiger partial charge in [0.25, 0.3) is 0 Å². The third-order valence-corrected chi connectivity index (χ3v) is 1.73. The molecular weight excluding hydrogens is 167 g/mol. The first-order valence-corrected chi connectivity index (χ1v) is 4.00. The zero-order valence-electron chi connectivity index (χ0n) is 6.92. The highest BCUT2D eigenvalue weighted by Crippen LogP contribution is 2.15. The molecule has 0 radical (unpaired) electrons. The van der Waals surface area contributed by atoms with E-state index in [4.69, 9.17) is 0 Å². The van der Waals surface area contributed by atoms with Gasteiger partial charge < -0.3 is 10.3 Å². The molecule has 1 aromatic carbocycles. The molecule has 0 saturated carbocycles. The van der Waals surface area contributed by atoms with Crippen LogP contribution in [0.4, 0.5) is 15.8 Å². The number of nitrogens with one attached hydrogen (secondary N) is 2. The lowest BCUT2D eigenvalue weighted by Gasteiger charge is -2.02. The van der Waals surface area contributed by atoms with Crippen molar-refractivity contribution in [1.29, 1.82) is 0 Å². The van der Waals surface area contributed by atoms with E-state index < -0.39 is 0 Å². The number of hydrogen-bond acceptors (Lipinski definition) is 1. The fraction of sp³-hybridized carbons (Fsp3) is 0. The highest BCUT2D eigenvalue weighted by atomic mass is 19.1. The van der Waals surface area contributed by atoms with E-state index in [1.807, 2.05) is 18.5 Å². The molecule has 0 fully saturated rings. The maximum absolute atomic E-state index is 12.5. The van der Waals surface area contributed by atoms with Gasteiger partial charge in [0, 0.05) is 18.1 Å². The summed E-state index contributed by atoms with van der Waals surface area (Å²) in [5.74, 6) is -0.223. The monoisotopic (exact) mass is 176 g/mol. The van der Waals surface area contributed by atoms with Crippen LogP contribution in [0.25, 0.3) is 0 Å². The van der Waals surface area contributed by atoms with Crippen LogP contribution in [0.3, 0.4) is 0 Å². The summed E-state index contributed by atoms with van der Waals surface area (Å²) in [5.41, 5.74) is 1.84. The number of benzene rings is 1. The van der Waals surface area contributed by atoms with Gasteiger partial charge in [0.15, 0.2) is 0 Å². The lowest BCUT2D eigenvalue weighted by molar-refractivity contribution is 0.628. The van der Waals surface area contributed by atoms with Crippen LogP contribution in [0.2, 0.25) is 0 Å². The second-order valence-corrected chi connectivity index (χ2v) is 2.73. The number of rotatable bonds is 2. The van der Waals surface area contributed by atoms with Crippen molar-refractivity contribution in [3.63, 3.8) is 0 Å². The van der Waals surface area contributed by atoms with Crippen LogP contribution < -0.4 is 5.32 Å². The zero-order chi connectivity index (χ0) is 9.10. The first-order valence-electron chi connectivity index (χ1n) is 4.00. The van der Waals surface area contributed by atoms with E-state index in [1.165, 1.54) is 12.1 Å². The Balaban J connectivity index is 2.15. The van der Waals surface area contributed by atoms with Gasteiger partial charge in [-0.15, -0.1) is 0 Å². The van der Waals surface area contributed by atoms with Crippen LogP contribution in [0.5, 0.6) is 0 Å². The molecular formula is C10H9FN2. The molecule has 2 aromatic rings. The Morgan fingerprint density at radius 3 is 2.38 bits per heavy atom. The number of halogens is 1. The maximum Gasteiger partial charge on any atom is 0.123 e. The van der Waals surface area contributed by atoms with Crippen LogP contribution in [0.15, 0.2) is 42.7 Å². The number of H-pyrrole nitrogens is 1. The molecule has 0 amide bonds. The van der Waals surface area contributed by atoms with Gasteiger partial charge in [0.05, 0.1) is 5.69 Å². The first kappa shape index (κ1) is 7.86. The molecule has 0 spiro atoms. The van der Waals surface area contributed by atoms with Gasteiger partial charge >= 0.3 is 0 Å². The summed E-state index contributed by atoms with van der Waals surface area (Å²) < 4.78 is 12.5. The van der Waals surface area contributed by atoms with E-state index in [0.29, 0.717) is 0 Å². The van der Waals surface area contributed by atoms with Gasteiger partial charge in [-0.1, -0.05) is 0 Å². The molecule has 0 bridgehead atoms. The second kappa shape index (κ2) is 3.31. The molecule has 3 heteroatoms. The lowest BCUT2D eigenvalue weighted by Crippen LogP contribution is -1.87. The van der Waals surface area contributed by atoms with Crippen molar-refractivity contribution < 1.29 is 4.39 Å². The van der Waals surface area contributed by atoms with Crippen molar-refractivity contribution in [3.05, 3.63) is 48.5 Å². The van der Waals surface area contributed by atoms with Crippen LogP contribution in [0, 0.1) is 5.82 Å². The molecule has 0 unspecified atom stereocenters. The molecule has 0 atom stereocenters. The molecule has 13 heavy (non-hydrogen) atoms. The minimum Gasteiger partial charge on any atom is -0.366 e. The Morgan fingerprint density at radius 1 is 1.00 bits per heavy atom. The maximum atomic E-state index is 12.5. The van der Waals surface area contributed by atoms with E-state index in [2.05, 4.69) is 10.3 Å². The van der Waals surface area contributed by atoms with E-state index in [1.54, 1.807) is 12.1 Å². The van der Waals surface area contributed by atoms with Gasteiger partial charge in [-0.2, -0.15) is 0 Å². The van der Waals surface area contributed by atoms with E-state index in [-0.39, 0.29) is 5.82 Å². The molecule has 66 valence electrons. The number of aromatic amines is 1. The van der Waals surface area contributed by atoms with E-state index in [9.17, 15) is 4.39 Å². The summed E-state index contributed by atoms with van der Waals surface area (Å²) >= 11 is 0. The first-order chi connectivity index (χ1) is 6.34. The summed E-state index contributed by atoms with van der Waals surface area (Å²) in [6, 6.07) is 8.15. The molecule has 0 saturated heterocycles. The third-order valence-electron chi connectivity index (χ3n) is 1.73. The molecule has 2 N–H and O–H groups in total. The van der Waals surface area contributed by atoms with Gasteiger partial charge in [-0.25, -0.2) is 4.39 Å². The minimum atomic E-state index is -0.223. The predicted molar refractivity (Wildman–Crippen MR) is 50.5 cm³/mol. The Kier molecular flexibility index (Phi) is 2.00. The molecule has 0 aliphatic carbocycles. The van der Waals surface area contributed by atoms with E-state index in [0.717, 1.165) is 11.4 Å². The van der Waals surface area contributed by atoms with Crippen molar-refractivity contribution >= 4 is 11.4 Å². The smallest absolute Gasteiger partial charge is 0.123 e.